The monoisotopic (exact) mass is 464 g/mol. The summed E-state index contributed by atoms with van der Waals surface area (Å²) in [6.45, 7) is 6.87. The van der Waals surface area contributed by atoms with Crippen molar-refractivity contribution in [3.63, 3.8) is 0 Å². The summed E-state index contributed by atoms with van der Waals surface area (Å²) >= 11 is 0. The van der Waals surface area contributed by atoms with Gasteiger partial charge in [-0.2, -0.15) is 4.31 Å². The van der Waals surface area contributed by atoms with Crippen molar-refractivity contribution < 1.29 is 22.3 Å². The number of piperazine rings is 1. The first kappa shape index (κ1) is 22.8. The Bertz CT molecular complexity index is 1100. The van der Waals surface area contributed by atoms with Gasteiger partial charge in [-0.05, 0) is 38.1 Å². The van der Waals surface area contributed by atoms with Crippen LogP contribution in [0.1, 0.15) is 21.7 Å². The molecule has 0 aliphatic carbocycles. The van der Waals surface area contributed by atoms with Crippen LogP contribution in [0.2, 0.25) is 0 Å². The summed E-state index contributed by atoms with van der Waals surface area (Å²) in [4.78, 5) is 17.1. The van der Waals surface area contributed by atoms with Gasteiger partial charge in [-0.3, -0.25) is 4.79 Å². The number of benzene rings is 1. The van der Waals surface area contributed by atoms with E-state index in [1.54, 1.807) is 42.5 Å². The number of sulfonamides is 1. The zero-order chi connectivity index (χ0) is 23.0. The lowest BCUT2D eigenvalue weighted by molar-refractivity contribution is 0.0300. The van der Waals surface area contributed by atoms with E-state index >= 15 is 0 Å². The average Bonchev–Trinajstić information content (AvgIpc) is 3.04. The molecule has 2 aliphatic rings. The fraction of sp³-hybridized carbons (Fsp3) is 0.500. The number of aromatic nitrogens is 1. The number of anilines is 1. The van der Waals surface area contributed by atoms with Crippen LogP contribution in [0, 0.1) is 19.7 Å². The molecule has 1 amide bonds. The highest BCUT2D eigenvalue weighted by molar-refractivity contribution is 7.89. The van der Waals surface area contributed by atoms with Crippen molar-refractivity contribution in [2.75, 3.05) is 57.4 Å². The number of hydrogen-bond donors (Lipinski definition) is 0. The lowest BCUT2D eigenvalue weighted by Crippen LogP contribution is -2.49. The molecule has 4 rings (SSSR count). The molecule has 1 aromatic heterocycles. The molecule has 2 aromatic rings. The number of ether oxygens (including phenoxy) is 1. The lowest BCUT2D eigenvalue weighted by Gasteiger charge is -2.35. The van der Waals surface area contributed by atoms with Crippen molar-refractivity contribution in [2.45, 2.75) is 18.7 Å². The van der Waals surface area contributed by atoms with Crippen LogP contribution in [-0.2, 0) is 21.8 Å². The van der Waals surface area contributed by atoms with Crippen molar-refractivity contribution in [2.24, 2.45) is 7.05 Å². The largest absolute Gasteiger partial charge is 0.378 e. The molecule has 8 nitrogen and oxygen atoms in total. The molecule has 2 aliphatic heterocycles. The van der Waals surface area contributed by atoms with E-state index in [0.29, 0.717) is 50.8 Å². The second-order valence-electron chi connectivity index (χ2n) is 8.21. The highest BCUT2D eigenvalue weighted by Crippen LogP contribution is 2.31. The van der Waals surface area contributed by atoms with Gasteiger partial charge in [-0.1, -0.05) is 0 Å². The van der Waals surface area contributed by atoms with E-state index in [1.165, 1.54) is 16.4 Å². The molecule has 0 spiro atoms. The number of morpholine rings is 1. The van der Waals surface area contributed by atoms with Crippen LogP contribution >= 0.6 is 0 Å². The Labute approximate surface area is 188 Å². The summed E-state index contributed by atoms with van der Waals surface area (Å²) in [6, 6.07) is 6.20. The first-order chi connectivity index (χ1) is 15.2. The van der Waals surface area contributed by atoms with Crippen LogP contribution in [-0.4, -0.2) is 80.6 Å². The highest BCUT2D eigenvalue weighted by atomic mass is 32.2. The van der Waals surface area contributed by atoms with Crippen LogP contribution in [0.15, 0.2) is 29.2 Å². The summed E-state index contributed by atoms with van der Waals surface area (Å²) in [5, 5.41) is 0. The van der Waals surface area contributed by atoms with Crippen LogP contribution in [0.25, 0.3) is 0 Å². The van der Waals surface area contributed by atoms with Crippen LogP contribution in [0.4, 0.5) is 10.1 Å². The Morgan fingerprint density at radius 3 is 2.12 bits per heavy atom. The van der Waals surface area contributed by atoms with E-state index in [-0.39, 0.29) is 35.3 Å². The first-order valence-electron chi connectivity index (χ1n) is 10.8. The maximum absolute atomic E-state index is 13.7. The van der Waals surface area contributed by atoms with Gasteiger partial charge in [0.1, 0.15) is 10.7 Å². The third-order valence-electron chi connectivity index (χ3n) is 6.46. The zero-order valence-corrected chi connectivity index (χ0v) is 19.5. The molecule has 0 unspecified atom stereocenters. The van der Waals surface area contributed by atoms with Gasteiger partial charge in [0.25, 0.3) is 5.91 Å². The summed E-state index contributed by atoms with van der Waals surface area (Å²) in [5.41, 5.74) is 2.31. The third-order valence-corrected chi connectivity index (χ3v) is 8.52. The Kier molecular flexibility index (Phi) is 6.28. The molecule has 0 radical (unpaired) electrons. The van der Waals surface area contributed by atoms with E-state index in [2.05, 4.69) is 0 Å². The topological polar surface area (TPSA) is 75.1 Å². The molecular weight excluding hydrogens is 435 g/mol. The summed E-state index contributed by atoms with van der Waals surface area (Å²) in [7, 11) is -2.09. The molecule has 174 valence electrons. The molecule has 0 atom stereocenters. The van der Waals surface area contributed by atoms with Crippen LogP contribution in [0.3, 0.4) is 0 Å². The second-order valence-corrected chi connectivity index (χ2v) is 10.1. The predicted molar refractivity (Wildman–Crippen MR) is 119 cm³/mol. The van der Waals surface area contributed by atoms with Crippen molar-refractivity contribution in [3.8, 4) is 0 Å². The Morgan fingerprint density at radius 1 is 0.938 bits per heavy atom. The van der Waals surface area contributed by atoms with E-state index < -0.39 is 10.0 Å². The van der Waals surface area contributed by atoms with Gasteiger partial charge in [0.15, 0.2) is 0 Å². The van der Waals surface area contributed by atoms with E-state index in [9.17, 15) is 17.6 Å². The number of carbonyl (C=O) groups is 1. The van der Waals surface area contributed by atoms with Gasteiger partial charge in [-0.15, -0.1) is 0 Å². The fourth-order valence-corrected chi connectivity index (χ4v) is 6.28. The van der Waals surface area contributed by atoms with Crippen molar-refractivity contribution in [1.82, 2.24) is 13.8 Å². The van der Waals surface area contributed by atoms with Gasteiger partial charge in [0, 0.05) is 63.4 Å². The zero-order valence-electron chi connectivity index (χ0n) is 18.7. The van der Waals surface area contributed by atoms with Crippen LogP contribution < -0.4 is 4.90 Å². The minimum Gasteiger partial charge on any atom is -0.378 e. The maximum atomic E-state index is 13.7. The Morgan fingerprint density at radius 2 is 1.53 bits per heavy atom. The molecular formula is C22H29FN4O4S. The molecule has 2 fully saturated rings. The molecule has 0 bridgehead atoms. The fourth-order valence-electron chi connectivity index (χ4n) is 4.38. The average molecular weight is 465 g/mol. The van der Waals surface area contributed by atoms with Gasteiger partial charge in [-0.25, -0.2) is 12.8 Å². The van der Waals surface area contributed by atoms with Gasteiger partial charge < -0.3 is 19.1 Å². The predicted octanol–water partition coefficient (Wildman–Crippen LogP) is 1.76. The summed E-state index contributed by atoms with van der Waals surface area (Å²) < 4.78 is 49.2. The number of halogens is 1. The quantitative estimate of drug-likeness (QED) is 0.690. The standard InChI is InChI=1S/C22H29FN4O4S/c1-16-20(22(28)26-12-14-31-15-13-26)21(17(2)24(16)3)32(29,30)27-10-8-25(9-11-27)19-6-4-18(23)5-7-19/h4-7H,8-15H2,1-3H3. The molecule has 2 saturated heterocycles. The highest BCUT2D eigenvalue weighted by Gasteiger charge is 2.37. The summed E-state index contributed by atoms with van der Waals surface area (Å²) in [5.74, 6) is -0.569. The SMILES string of the molecule is Cc1c(C(=O)N2CCOCC2)c(S(=O)(=O)N2CCN(c3ccc(F)cc3)CC2)c(C)n1C. The number of rotatable bonds is 4. The molecule has 3 heterocycles. The lowest BCUT2D eigenvalue weighted by atomic mass is 10.2. The molecule has 0 saturated carbocycles. The van der Waals surface area contributed by atoms with E-state index in [1.807, 2.05) is 4.90 Å². The number of amides is 1. The Hall–Kier alpha value is -2.43. The molecule has 32 heavy (non-hydrogen) atoms. The third kappa shape index (κ3) is 4.02. The van der Waals surface area contributed by atoms with Crippen LogP contribution in [0.5, 0.6) is 0 Å². The normalized spacial score (nSPS) is 18.2. The van der Waals surface area contributed by atoms with Gasteiger partial charge >= 0.3 is 0 Å². The summed E-state index contributed by atoms with van der Waals surface area (Å²) in [6.07, 6.45) is 0. The smallest absolute Gasteiger partial charge is 0.257 e. The molecule has 1 aromatic carbocycles. The number of carbonyl (C=O) groups excluding carboxylic acids is 1. The number of hydrogen-bond acceptors (Lipinski definition) is 5. The first-order valence-corrected chi connectivity index (χ1v) is 12.2. The molecule has 0 N–H and O–H groups in total. The second kappa shape index (κ2) is 8.84. The van der Waals surface area contributed by atoms with Crippen molar-refractivity contribution >= 4 is 21.6 Å². The van der Waals surface area contributed by atoms with Crippen molar-refractivity contribution in [3.05, 3.63) is 47.0 Å². The minimum absolute atomic E-state index is 0.101. The van der Waals surface area contributed by atoms with E-state index in [0.717, 1.165) is 5.69 Å². The Balaban J connectivity index is 1.61. The van der Waals surface area contributed by atoms with Gasteiger partial charge in [0.2, 0.25) is 10.0 Å². The number of nitrogens with zero attached hydrogens (tertiary/aromatic N) is 4. The minimum atomic E-state index is -3.87. The maximum Gasteiger partial charge on any atom is 0.257 e. The van der Waals surface area contributed by atoms with E-state index in [4.69, 9.17) is 4.74 Å². The van der Waals surface area contributed by atoms with Crippen molar-refractivity contribution in [1.29, 1.82) is 0 Å². The van der Waals surface area contributed by atoms with Gasteiger partial charge in [0.05, 0.1) is 18.8 Å². The molecule has 10 heteroatoms.